The molecule has 6 heteroatoms. The van der Waals surface area contributed by atoms with Crippen molar-refractivity contribution in [3.05, 3.63) is 40.2 Å². The lowest BCUT2D eigenvalue weighted by molar-refractivity contribution is 0.0963. The Labute approximate surface area is 151 Å². The summed E-state index contributed by atoms with van der Waals surface area (Å²) in [5, 5.41) is 6.18. The molecule has 2 aromatic rings. The molecule has 134 valence electrons. The summed E-state index contributed by atoms with van der Waals surface area (Å²) >= 11 is 1.52. The number of carbonyl (C=O) groups excluding carboxylic acids is 2. The van der Waals surface area contributed by atoms with Crippen LogP contribution >= 0.6 is 11.3 Å². The Morgan fingerprint density at radius 1 is 1.28 bits per heavy atom. The summed E-state index contributed by atoms with van der Waals surface area (Å²) in [6.07, 6.45) is 4.34. The number of nitrogens with one attached hydrogen (secondary N) is 2. The molecule has 25 heavy (non-hydrogen) atoms. The van der Waals surface area contributed by atoms with Gasteiger partial charge in [0.2, 0.25) is 0 Å². The Balaban J connectivity index is 1.94. The summed E-state index contributed by atoms with van der Waals surface area (Å²) in [6, 6.07) is 3.28. The van der Waals surface area contributed by atoms with Crippen LogP contribution in [-0.4, -0.2) is 18.9 Å². The SMILES string of the molecule is CNC(=O)c1c(NC(=O)c2ccco2)sc2c1CCC(C(C)(C)C)C2. The van der Waals surface area contributed by atoms with Crippen LogP contribution in [0.25, 0.3) is 0 Å². The molecule has 0 saturated heterocycles. The van der Waals surface area contributed by atoms with Crippen LogP contribution in [-0.2, 0) is 12.8 Å². The highest BCUT2D eigenvalue weighted by atomic mass is 32.1. The quantitative estimate of drug-likeness (QED) is 0.865. The van der Waals surface area contributed by atoms with E-state index >= 15 is 0 Å². The van der Waals surface area contributed by atoms with Crippen LogP contribution in [0.5, 0.6) is 0 Å². The maximum Gasteiger partial charge on any atom is 0.291 e. The van der Waals surface area contributed by atoms with Gasteiger partial charge in [-0.05, 0) is 48.3 Å². The number of carbonyl (C=O) groups is 2. The van der Waals surface area contributed by atoms with Crippen LogP contribution in [0.3, 0.4) is 0 Å². The topological polar surface area (TPSA) is 71.3 Å². The summed E-state index contributed by atoms with van der Waals surface area (Å²) in [6.45, 7) is 6.78. The van der Waals surface area contributed by atoms with Crippen LogP contribution in [0.4, 0.5) is 5.00 Å². The third-order valence-electron chi connectivity index (χ3n) is 4.92. The van der Waals surface area contributed by atoms with Crippen molar-refractivity contribution in [1.29, 1.82) is 0 Å². The highest BCUT2D eigenvalue weighted by Gasteiger charge is 2.34. The van der Waals surface area contributed by atoms with E-state index in [1.165, 1.54) is 22.5 Å². The van der Waals surface area contributed by atoms with Crippen molar-refractivity contribution in [3.63, 3.8) is 0 Å². The van der Waals surface area contributed by atoms with Crippen molar-refractivity contribution in [1.82, 2.24) is 5.32 Å². The summed E-state index contributed by atoms with van der Waals surface area (Å²) in [7, 11) is 1.62. The first kappa shape index (κ1) is 17.7. The van der Waals surface area contributed by atoms with Crippen LogP contribution in [0.1, 0.15) is 58.5 Å². The van der Waals surface area contributed by atoms with E-state index in [4.69, 9.17) is 4.42 Å². The number of furan rings is 1. The van der Waals surface area contributed by atoms with Gasteiger partial charge in [0.15, 0.2) is 5.76 Å². The number of hydrogen-bond donors (Lipinski definition) is 2. The second-order valence-electron chi connectivity index (χ2n) is 7.52. The van der Waals surface area contributed by atoms with Gasteiger partial charge in [0.25, 0.3) is 11.8 Å². The van der Waals surface area contributed by atoms with E-state index < -0.39 is 0 Å². The van der Waals surface area contributed by atoms with E-state index in [-0.39, 0.29) is 23.0 Å². The molecule has 0 bridgehead atoms. The van der Waals surface area contributed by atoms with Gasteiger partial charge in [-0.1, -0.05) is 20.8 Å². The molecule has 0 saturated carbocycles. The van der Waals surface area contributed by atoms with Crippen molar-refractivity contribution in [2.75, 3.05) is 12.4 Å². The van der Waals surface area contributed by atoms with Gasteiger partial charge in [-0.25, -0.2) is 0 Å². The van der Waals surface area contributed by atoms with E-state index in [1.54, 1.807) is 19.2 Å². The van der Waals surface area contributed by atoms with Crippen LogP contribution in [0.15, 0.2) is 22.8 Å². The number of fused-ring (bicyclic) bond motifs is 1. The Morgan fingerprint density at radius 3 is 2.64 bits per heavy atom. The highest BCUT2D eigenvalue weighted by Crippen LogP contribution is 2.44. The largest absolute Gasteiger partial charge is 0.459 e. The molecule has 2 amide bonds. The predicted octanol–water partition coefficient (Wildman–Crippen LogP) is 4.10. The van der Waals surface area contributed by atoms with Crippen LogP contribution in [0.2, 0.25) is 0 Å². The van der Waals surface area contributed by atoms with E-state index in [1.807, 2.05) is 0 Å². The molecule has 5 nitrogen and oxygen atoms in total. The average molecular weight is 360 g/mol. The lowest BCUT2D eigenvalue weighted by Gasteiger charge is -2.33. The van der Waals surface area contributed by atoms with Crippen LogP contribution < -0.4 is 10.6 Å². The van der Waals surface area contributed by atoms with E-state index in [0.717, 1.165) is 24.8 Å². The van der Waals surface area contributed by atoms with Gasteiger partial charge >= 0.3 is 0 Å². The lowest BCUT2D eigenvalue weighted by Crippen LogP contribution is -2.27. The molecule has 0 aromatic carbocycles. The molecule has 0 fully saturated rings. The molecular formula is C19H24N2O3S. The number of anilines is 1. The fraction of sp³-hybridized carbons (Fsp3) is 0.474. The zero-order chi connectivity index (χ0) is 18.2. The summed E-state index contributed by atoms with van der Waals surface area (Å²) in [5.41, 5.74) is 1.92. The molecule has 3 rings (SSSR count). The van der Waals surface area contributed by atoms with Gasteiger partial charge in [0, 0.05) is 11.9 Å². The van der Waals surface area contributed by atoms with Crippen LogP contribution in [0, 0.1) is 11.3 Å². The zero-order valence-electron chi connectivity index (χ0n) is 15.1. The van der Waals surface area contributed by atoms with Gasteiger partial charge in [0.1, 0.15) is 5.00 Å². The van der Waals surface area contributed by atoms with Crippen molar-refractivity contribution < 1.29 is 14.0 Å². The molecule has 0 spiro atoms. The van der Waals surface area contributed by atoms with E-state index in [2.05, 4.69) is 31.4 Å². The van der Waals surface area contributed by atoms with E-state index in [9.17, 15) is 9.59 Å². The van der Waals surface area contributed by atoms with Crippen molar-refractivity contribution in [2.24, 2.45) is 11.3 Å². The molecule has 0 aliphatic heterocycles. The minimum absolute atomic E-state index is 0.151. The maximum absolute atomic E-state index is 12.4. The van der Waals surface area contributed by atoms with Gasteiger partial charge in [0.05, 0.1) is 11.8 Å². The second kappa shape index (κ2) is 6.67. The zero-order valence-corrected chi connectivity index (χ0v) is 15.9. The number of rotatable bonds is 3. The minimum Gasteiger partial charge on any atom is -0.459 e. The standard InChI is InChI=1S/C19H24N2O3S/c1-19(2,3)11-7-8-12-14(10-11)25-18(15(12)17(23)20-4)21-16(22)13-6-5-9-24-13/h5-6,9,11H,7-8,10H2,1-4H3,(H,20,23)(H,21,22). The van der Waals surface area contributed by atoms with Gasteiger partial charge in [-0.2, -0.15) is 0 Å². The molecule has 1 aliphatic rings. The molecular weight excluding hydrogens is 336 g/mol. The smallest absolute Gasteiger partial charge is 0.291 e. The van der Waals surface area contributed by atoms with E-state index in [0.29, 0.717) is 16.5 Å². The molecule has 2 heterocycles. The molecule has 1 unspecified atom stereocenters. The summed E-state index contributed by atoms with van der Waals surface area (Å²) in [4.78, 5) is 26.0. The Bertz CT molecular complexity index is 784. The van der Waals surface area contributed by atoms with Crippen molar-refractivity contribution in [2.45, 2.75) is 40.0 Å². The lowest BCUT2D eigenvalue weighted by atomic mass is 9.72. The number of hydrogen-bond acceptors (Lipinski definition) is 4. The number of amides is 2. The first-order chi connectivity index (χ1) is 11.8. The number of thiophene rings is 1. The first-order valence-electron chi connectivity index (χ1n) is 8.52. The third-order valence-corrected chi connectivity index (χ3v) is 6.09. The summed E-state index contributed by atoms with van der Waals surface area (Å²) < 4.78 is 5.15. The van der Waals surface area contributed by atoms with Crippen molar-refractivity contribution in [3.8, 4) is 0 Å². The Kier molecular flexibility index (Phi) is 4.73. The monoisotopic (exact) mass is 360 g/mol. The molecule has 1 atom stereocenters. The fourth-order valence-electron chi connectivity index (χ4n) is 3.35. The fourth-order valence-corrected chi connectivity index (χ4v) is 4.67. The van der Waals surface area contributed by atoms with Crippen molar-refractivity contribution >= 4 is 28.2 Å². The summed E-state index contributed by atoms with van der Waals surface area (Å²) in [5.74, 6) is 0.328. The maximum atomic E-state index is 12.4. The Morgan fingerprint density at radius 2 is 2.04 bits per heavy atom. The highest BCUT2D eigenvalue weighted by molar-refractivity contribution is 7.17. The third kappa shape index (κ3) is 3.49. The predicted molar refractivity (Wildman–Crippen MR) is 99.3 cm³/mol. The van der Waals surface area contributed by atoms with Gasteiger partial charge < -0.3 is 15.1 Å². The normalized spacial score (nSPS) is 17.0. The Hall–Kier alpha value is -2.08. The first-order valence-corrected chi connectivity index (χ1v) is 9.34. The van der Waals surface area contributed by atoms with Gasteiger partial charge in [-0.3, -0.25) is 9.59 Å². The molecule has 2 N–H and O–H groups in total. The minimum atomic E-state index is -0.332. The molecule has 0 radical (unpaired) electrons. The molecule has 2 aromatic heterocycles. The molecule has 1 aliphatic carbocycles. The van der Waals surface area contributed by atoms with Gasteiger partial charge in [-0.15, -0.1) is 11.3 Å². The second-order valence-corrected chi connectivity index (χ2v) is 8.63. The average Bonchev–Trinajstić information content (AvgIpc) is 3.20.